The van der Waals surface area contributed by atoms with Gasteiger partial charge in [0.25, 0.3) is 0 Å². The third kappa shape index (κ3) is 3.68. The molecule has 0 aromatic carbocycles. The van der Waals surface area contributed by atoms with Crippen LogP contribution >= 0.6 is 0 Å². The van der Waals surface area contributed by atoms with Gasteiger partial charge >= 0.3 is 0 Å². The number of rotatable bonds is 4. The summed E-state index contributed by atoms with van der Waals surface area (Å²) in [5, 5.41) is 3.01. The fraction of sp³-hybridized carbons (Fsp3) is 0.615. The molecular weight excluding hydrogens is 228 g/mol. The van der Waals surface area contributed by atoms with E-state index in [9.17, 15) is 4.79 Å². The van der Waals surface area contributed by atoms with E-state index in [0.717, 1.165) is 24.7 Å². The molecule has 1 saturated heterocycles. The van der Waals surface area contributed by atoms with Crippen molar-refractivity contribution in [3.63, 3.8) is 0 Å². The number of aromatic nitrogens is 2. The number of carbonyl (C=O) groups is 1. The standard InChI is InChI=1S/C13H20N4O/c1-11(18)9-14-12-8-13(16-10-15-12)17-6-4-2-3-5-7-17/h8,10H,2-7,9H2,1H3,(H,14,15,16). The Hall–Kier alpha value is -1.65. The van der Waals surface area contributed by atoms with Crippen LogP contribution in [0.1, 0.15) is 32.6 Å². The molecule has 5 nitrogen and oxygen atoms in total. The first-order valence-electron chi connectivity index (χ1n) is 6.56. The monoisotopic (exact) mass is 248 g/mol. The van der Waals surface area contributed by atoms with E-state index >= 15 is 0 Å². The largest absolute Gasteiger partial charge is 0.363 e. The van der Waals surface area contributed by atoms with Crippen molar-refractivity contribution in [2.45, 2.75) is 32.6 Å². The van der Waals surface area contributed by atoms with Gasteiger partial charge in [0.1, 0.15) is 23.7 Å². The highest BCUT2D eigenvalue weighted by Crippen LogP contribution is 2.18. The zero-order valence-corrected chi connectivity index (χ0v) is 10.9. The van der Waals surface area contributed by atoms with Gasteiger partial charge < -0.3 is 10.2 Å². The van der Waals surface area contributed by atoms with Crippen LogP contribution in [0.2, 0.25) is 0 Å². The molecule has 0 unspecified atom stereocenters. The van der Waals surface area contributed by atoms with E-state index in [4.69, 9.17) is 0 Å². The van der Waals surface area contributed by atoms with Gasteiger partial charge in [-0.15, -0.1) is 0 Å². The van der Waals surface area contributed by atoms with Crippen LogP contribution in [0.5, 0.6) is 0 Å². The Bertz CT molecular complexity index is 400. The highest BCUT2D eigenvalue weighted by Gasteiger charge is 2.11. The minimum absolute atomic E-state index is 0.102. The molecule has 0 radical (unpaired) electrons. The maximum atomic E-state index is 10.9. The van der Waals surface area contributed by atoms with Gasteiger partial charge in [0.15, 0.2) is 0 Å². The molecule has 98 valence electrons. The van der Waals surface area contributed by atoms with Crippen LogP contribution in [0, 0.1) is 0 Å². The van der Waals surface area contributed by atoms with Crippen LogP contribution in [0.4, 0.5) is 11.6 Å². The summed E-state index contributed by atoms with van der Waals surface area (Å²) in [5.41, 5.74) is 0. The molecule has 0 atom stereocenters. The molecule has 1 N–H and O–H groups in total. The van der Waals surface area contributed by atoms with E-state index in [0.29, 0.717) is 6.54 Å². The fourth-order valence-corrected chi connectivity index (χ4v) is 2.13. The Morgan fingerprint density at radius 2 is 2.00 bits per heavy atom. The first kappa shape index (κ1) is 12.8. The topological polar surface area (TPSA) is 58.1 Å². The lowest BCUT2D eigenvalue weighted by molar-refractivity contribution is -0.115. The van der Waals surface area contributed by atoms with Gasteiger partial charge in [-0.2, -0.15) is 0 Å². The van der Waals surface area contributed by atoms with Crippen molar-refractivity contribution in [3.05, 3.63) is 12.4 Å². The predicted molar refractivity (Wildman–Crippen MR) is 71.9 cm³/mol. The van der Waals surface area contributed by atoms with E-state index in [1.807, 2.05) is 6.07 Å². The summed E-state index contributed by atoms with van der Waals surface area (Å²) in [6.45, 7) is 3.99. The van der Waals surface area contributed by atoms with Crippen molar-refractivity contribution >= 4 is 17.4 Å². The second kappa shape index (κ2) is 6.33. The minimum Gasteiger partial charge on any atom is -0.363 e. The molecular formula is C13H20N4O. The zero-order chi connectivity index (χ0) is 12.8. The lowest BCUT2D eigenvalue weighted by Gasteiger charge is -2.21. The van der Waals surface area contributed by atoms with Crippen LogP contribution < -0.4 is 10.2 Å². The van der Waals surface area contributed by atoms with Gasteiger partial charge in [-0.1, -0.05) is 12.8 Å². The molecule has 1 aliphatic rings. The van der Waals surface area contributed by atoms with Crippen molar-refractivity contribution in [2.24, 2.45) is 0 Å². The number of ketones is 1. The molecule has 2 heterocycles. The molecule has 0 bridgehead atoms. The molecule has 1 aromatic heterocycles. The molecule has 5 heteroatoms. The molecule has 1 aliphatic heterocycles. The Kier molecular flexibility index (Phi) is 4.50. The summed E-state index contributed by atoms with van der Waals surface area (Å²) < 4.78 is 0. The summed E-state index contributed by atoms with van der Waals surface area (Å²) in [6, 6.07) is 1.92. The first-order valence-corrected chi connectivity index (χ1v) is 6.56. The normalized spacial score (nSPS) is 16.2. The van der Waals surface area contributed by atoms with Gasteiger partial charge in [-0.05, 0) is 19.8 Å². The van der Waals surface area contributed by atoms with E-state index in [1.165, 1.54) is 25.7 Å². The van der Waals surface area contributed by atoms with Crippen LogP contribution in [-0.2, 0) is 4.79 Å². The van der Waals surface area contributed by atoms with Gasteiger partial charge in [-0.3, -0.25) is 4.79 Å². The first-order chi connectivity index (χ1) is 8.75. The number of carbonyl (C=O) groups excluding carboxylic acids is 1. The quantitative estimate of drug-likeness (QED) is 0.881. The molecule has 1 fully saturated rings. The van der Waals surface area contributed by atoms with Crippen molar-refractivity contribution in [1.29, 1.82) is 0 Å². The second-order valence-corrected chi connectivity index (χ2v) is 4.72. The Balaban J connectivity index is 2.03. The Morgan fingerprint density at radius 3 is 2.67 bits per heavy atom. The summed E-state index contributed by atoms with van der Waals surface area (Å²) >= 11 is 0. The molecule has 1 aromatic rings. The molecule has 0 aliphatic carbocycles. The van der Waals surface area contributed by atoms with Crippen molar-refractivity contribution in [2.75, 3.05) is 29.9 Å². The summed E-state index contributed by atoms with van der Waals surface area (Å²) in [4.78, 5) is 21.7. The molecule has 18 heavy (non-hydrogen) atoms. The lowest BCUT2D eigenvalue weighted by Crippen LogP contribution is -2.25. The smallest absolute Gasteiger partial charge is 0.148 e. The van der Waals surface area contributed by atoms with Gasteiger partial charge in [0.2, 0.25) is 0 Å². The third-order valence-electron chi connectivity index (χ3n) is 3.10. The number of nitrogens with one attached hydrogen (secondary N) is 1. The van der Waals surface area contributed by atoms with Crippen LogP contribution in [0.25, 0.3) is 0 Å². The average molecular weight is 248 g/mol. The summed E-state index contributed by atoms with van der Waals surface area (Å²) in [7, 11) is 0. The van der Waals surface area contributed by atoms with Crippen LogP contribution in [-0.4, -0.2) is 35.4 Å². The maximum Gasteiger partial charge on any atom is 0.148 e. The van der Waals surface area contributed by atoms with Crippen molar-refractivity contribution < 1.29 is 4.79 Å². The SMILES string of the molecule is CC(=O)CNc1cc(N2CCCCCC2)ncn1. The summed E-state index contributed by atoms with van der Waals surface area (Å²) in [6.07, 6.45) is 6.61. The van der Waals surface area contributed by atoms with Gasteiger partial charge in [0.05, 0.1) is 6.54 Å². The predicted octanol–water partition coefficient (Wildman–Crippen LogP) is 1.86. The highest BCUT2D eigenvalue weighted by atomic mass is 16.1. The van der Waals surface area contributed by atoms with Crippen molar-refractivity contribution in [1.82, 2.24) is 9.97 Å². The number of hydrogen-bond donors (Lipinski definition) is 1. The van der Waals surface area contributed by atoms with E-state index in [-0.39, 0.29) is 5.78 Å². The average Bonchev–Trinajstić information content (AvgIpc) is 2.65. The number of anilines is 2. The highest BCUT2D eigenvalue weighted by molar-refractivity contribution is 5.80. The van der Waals surface area contributed by atoms with Crippen molar-refractivity contribution in [3.8, 4) is 0 Å². The lowest BCUT2D eigenvalue weighted by atomic mass is 10.2. The molecule has 0 amide bonds. The van der Waals surface area contributed by atoms with Gasteiger partial charge in [0, 0.05) is 19.2 Å². The summed E-state index contributed by atoms with van der Waals surface area (Å²) in [5.74, 6) is 1.78. The van der Waals surface area contributed by atoms with Crippen LogP contribution in [0.3, 0.4) is 0 Å². The van der Waals surface area contributed by atoms with Gasteiger partial charge in [-0.25, -0.2) is 9.97 Å². The van der Waals surface area contributed by atoms with Crippen LogP contribution in [0.15, 0.2) is 12.4 Å². The number of Topliss-reactive ketones (excluding diaryl/α,β-unsaturated/α-hetero) is 1. The fourth-order valence-electron chi connectivity index (χ4n) is 2.13. The molecule has 0 spiro atoms. The Morgan fingerprint density at radius 1 is 1.28 bits per heavy atom. The van der Waals surface area contributed by atoms with E-state index in [1.54, 1.807) is 13.3 Å². The zero-order valence-electron chi connectivity index (χ0n) is 10.9. The third-order valence-corrected chi connectivity index (χ3v) is 3.10. The second-order valence-electron chi connectivity index (χ2n) is 4.72. The van der Waals surface area contributed by atoms with E-state index in [2.05, 4.69) is 20.2 Å². The van der Waals surface area contributed by atoms with E-state index < -0.39 is 0 Å². The molecule has 2 rings (SSSR count). The minimum atomic E-state index is 0.102. The maximum absolute atomic E-state index is 10.9. The Labute approximate surface area is 108 Å². The number of nitrogens with zero attached hydrogens (tertiary/aromatic N) is 3. The molecule has 0 saturated carbocycles. The number of hydrogen-bond acceptors (Lipinski definition) is 5.